The summed E-state index contributed by atoms with van der Waals surface area (Å²) >= 11 is 0. The van der Waals surface area contributed by atoms with Gasteiger partial charge in [0.15, 0.2) is 9.84 Å². The van der Waals surface area contributed by atoms with E-state index in [0.29, 0.717) is 16.9 Å². The van der Waals surface area contributed by atoms with Crippen LogP contribution in [0.3, 0.4) is 0 Å². The second-order valence-electron chi connectivity index (χ2n) is 5.51. The Labute approximate surface area is 127 Å². The highest BCUT2D eigenvalue weighted by molar-refractivity contribution is 7.90. The van der Waals surface area contributed by atoms with E-state index in [1.807, 2.05) is 12.1 Å². The van der Waals surface area contributed by atoms with Crippen molar-refractivity contribution in [1.82, 2.24) is 10.6 Å². The Morgan fingerprint density at radius 1 is 1.24 bits per heavy atom. The summed E-state index contributed by atoms with van der Waals surface area (Å²) in [5, 5.41) is 6.86. The van der Waals surface area contributed by atoms with Crippen LogP contribution >= 0.6 is 0 Å². The molecule has 2 unspecified atom stereocenters. The van der Waals surface area contributed by atoms with E-state index in [2.05, 4.69) is 17.6 Å². The summed E-state index contributed by atoms with van der Waals surface area (Å²) < 4.78 is 28.3. The van der Waals surface area contributed by atoms with Gasteiger partial charge in [0.2, 0.25) is 0 Å². The van der Waals surface area contributed by atoms with E-state index >= 15 is 0 Å². The Hall–Kier alpha value is -0.950. The van der Waals surface area contributed by atoms with E-state index in [9.17, 15) is 8.42 Å². The molecule has 0 saturated carbocycles. The zero-order chi connectivity index (χ0) is 15.3. The molecule has 1 saturated heterocycles. The molecular formula is C15H24N2O3S. The first-order valence-electron chi connectivity index (χ1n) is 7.31. The molecule has 2 rings (SSSR count). The molecule has 118 valence electrons. The summed E-state index contributed by atoms with van der Waals surface area (Å²) in [6.07, 6.45) is 1.22. The van der Waals surface area contributed by atoms with E-state index in [4.69, 9.17) is 4.74 Å². The Morgan fingerprint density at radius 2 is 1.95 bits per heavy atom. The molecule has 1 heterocycles. The van der Waals surface area contributed by atoms with Crippen molar-refractivity contribution in [2.45, 2.75) is 24.4 Å². The molecule has 0 amide bonds. The van der Waals surface area contributed by atoms with Crippen LogP contribution in [0, 0.1) is 5.92 Å². The molecule has 0 radical (unpaired) electrons. The molecule has 1 aliphatic heterocycles. The average molecular weight is 312 g/mol. The highest BCUT2D eigenvalue weighted by atomic mass is 32.2. The lowest BCUT2D eigenvalue weighted by Gasteiger charge is -2.18. The summed E-state index contributed by atoms with van der Waals surface area (Å²) in [6.45, 7) is 6.26. The Balaban J connectivity index is 1.81. The Kier molecular flexibility index (Phi) is 5.75. The fraction of sp³-hybridized carbons (Fsp3) is 0.600. The van der Waals surface area contributed by atoms with Gasteiger partial charge < -0.3 is 15.4 Å². The van der Waals surface area contributed by atoms with Crippen molar-refractivity contribution in [1.29, 1.82) is 0 Å². The minimum Gasteiger partial charge on any atom is -0.379 e. The number of sulfone groups is 1. The number of rotatable bonds is 7. The van der Waals surface area contributed by atoms with Gasteiger partial charge in [-0.1, -0.05) is 19.1 Å². The van der Waals surface area contributed by atoms with Crippen molar-refractivity contribution < 1.29 is 13.2 Å². The van der Waals surface area contributed by atoms with Gasteiger partial charge in [0, 0.05) is 31.3 Å². The number of nitrogens with one attached hydrogen (secondary N) is 2. The van der Waals surface area contributed by atoms with Crippen LogP contribution in [0.2, 0.25) is 0 Å². The van der Waals surface area contributed by atoms with Gasteiger partial charge in [-0.2, -0.15) is 0 Å². The van der Waals surface area contributed by atoms with Gasteiger partial charge in [0.1, 0.15) is 0 Å². The quantitative estimate of drug-likeness (QED) is 0.780. The molecule has 2 atom stereocenters. The second kappa shape index (κ2) is 7.35. The maximum absolute atomic E-state index is 11.4. The lowest BCUT2D eigenvalue weighted by molar-refractivity contribution is 0.182. The molecule has 1 aromatic rings. The maximum atomic E-state index is 11.4. The van der Waals surface area contributed by atoms with E-state index < -0.39 is 9.84 Å². The normalized spacial score (nSPS) is 22.6. The molecule has 5 nitrogen and oxygen atoms in total. The van der Waals surface area contributed by atoms with E-state index in [0.717, 1.165) is 38.4 Å². The summed E-state index contributed by atoms with van der Waals surface area (Å²) in [7, 11) is -3.11. The molecule has 1 fully saturated rings. The van der Waals surface area contributed by atoms with Gasteiger partial charge in [-0.05, 0) is 24.2 Å². The SMILES string of the molecule is CCNC1COCC1CNCc1ccc(S(C)(=O)=O)cc1. The van der Waals surface area contributed by atoms with Crippen molar-refractivity contribution in [3.63, 3.8) is 0 Å². The van der Waals surface area contributed by atoms with Gasteiger partial charge in [-0.25, -0.2) is 8.42 Å². The Morgan fingerprint density at radius 3 is 2.57 bits per heavy atom. The largest absolute Gasteiger partial charge is 0.379 e. The maximum Gasteiger partial charge on any atom is 0.175 e. The number of hydrogen-bond donors (Lipinski definition) is 2. The number of benzene rings is 1. The lowest BCUT2D eigenvalue weighted by Crippen LogP contribution is -2.40. The lowest BCUT2D eigenvalue weighted by atomic mass is 10.0. The molecule has 0 bridgehead atoms. The highest BCUT2D eigenvalue weighted by Crippen LogP contribution is 2.13. The predicted octanol–water partition coefficient (Wildman–Crippen LogP) is 0.804. The zero-order valence-electron chi connectivity index (χ0n) is 12.6. The first-order valence-corrected chi connectivity index (χ1v) is 9.20. The summed E-state index contributed by atoms with van der Waals surface area (Å²) in [6, 6.07) is 7.46. The first kappa shape index (κ1) is 16.4. The highest BCUT2D eigenvalue weighted by Gasteiger charge is 2.26. The average Bonchev–Trinajstić information content (AvgIpc) is 2.86. The standard InChI is InChI=1S/C15H24N2O3S/c1-3-17-15-11-20-10-13(15)9-16-8-12-4-6-14(7-5-12)21(2,18)19/h4-7,13,15-17H,3,8-11H2,1-2H3. The van der Waals surface area contributed by atoms with Crippen LogP contribution in [0.1, 0.15) is 12.5 Å². The minimum absolute atomic E-state index is 0.364. The third kappa shape index (κ3) is 4.78. The summed E-state index contributed by atoms with van der Waals surface area (Å²) in [5.74, 6) is 0.486. The van der Waals surface area contributed by atoms with Crippen LogP contribution in [0.4, 0.5) is 0 Å². The van der Waals surface area contributed by atoms with Crippen LogP contribution in [0.5, 0.6) is 0 Å². The predicted molar refractivity (Wildman–Crippen MR) is 83.0 cm³/mol. The molecule has 21 heavy (non-hydrogen) atoms. The second-order valence-corrected chi connectivity index (χ2v) is 7.52. The van der Waals surface area contributed by atoms with Crippen molar-refractivity contribution >= 4 is 9.84 Å². The molecule has 0 spiro atoms. The van der Waals surface area contributed by atoms with Crippen molar-refractivity contribution in [3.05, 3.63) is 29.8 Å². The smallest absolute Gasteiger partial charge is 0.175 e. The summed E-state index contributed by atoms with van der Waals surface area (Å²) in [5.41, 5.74) is 1.08. The van der Waals surface area contributed by atoms with Crippen LogP contribution in [0.15, 0.2) is 29.2 Å². The molecule has 0 aliphatic carbocycles. The molecule has 1 aliphatic rings. The van der Waals surface area contributed by atoms with Crippen LogP contribution in [-0.4, -0.2) is 47.0 Å². The van der Waals surface area contributed by atoms with Crippen molar-refractivity contribution in [2.24, 2.45) is 5.92 Å². The van der Waals surface area contributed by atoms with Gasteiger partial charge in [-0.3, -0.25) is 0 Å². The van der Waals surface area contributed by atoms with Gasteiger partial charge in [0.05, 0.1) is 18.1 Å². The van der Waals surface area contributed by atoms with Gasteiger partial charge >= 0.3 is 0 Å². The van der Waals surface area contributed by atoms with Crippen molar-refractivity contribution in [3.8, 4) is 0 Å². The van der Waals surface area contributed by atoms with E-state index in [1.54, 1.807) is 12.1 Å². The van der Waals surface area contributed by atoms with Gasteiger partial charge in [0.25, 0.3) is 0 Å². The molecule has 1 aromatic carbocycles. The number of ether oxygens (including phenoxy) is 1. The number of hydrogen-bond acceptors (Lipinski definition) is 5. The first-order chi connectivity index (χ1) is 10.0. The topological polar surface area (TPSA) is 67.4 Å². The Bertz CT molecular complexity index is 543. The molecule has 6 heteroatoms. The van der Waals surface area contributed by atoms with E-state index in [1.165, 1.54) is 6.26 Å². The monoisotopic (exact) mass is 312 g/mol. The van der Waals surface area contributed by atoms with Crippen LogP contribution in [-0.2, 0) is 21.1 Å². The minimum atomic E-state index is -3.11. The molecule has 2 N–H and O–H groups in total. The van der Waals surface area contributed by atoms with Crippen LogP contribution < -0.4 is 10.6 Å². The fourth-order valence-electron chi connectivity index (χ4n) is 2.54. The third-order valence-corrected chi connectivity index (χ3v) is 4.88. The molecule has 0 aromatic heterocycles. The summed E-state index contributed by atoms with van der Waals surface area (Å²) in [4.78, 5) is 0.364. The fourth-order valence-corrected chi connectivity index (χ4v) is 3.17. The molecular weight excluding hydrogens is 288 g/mol. The van der Waals surface area contributed by atoms with Gasteiger partial charge in [-0.15, -0.1) is 0 Å². The number of likely N-dealkylation sites (N-methyl/N-ethyl adjacent to an activating group) is 1. The van der Waals surface area contributed by atoms with Crippen molar-refractivity contribution in [2.75, 3.05) is 32.6 Å². The van der Waals surface area contributed by atoms with E-state index in [-0.39, 0.29) is 0 Å². The van der Waals surface area contributed by atoms with Crippen LogP contribution in [0.25, 0.3) is 0 Å². The third-order valence-electron chi connectivity index (χ3n) is 3.75. The zero-order valence-corrected chi connectivity index (χ0v) is 13.4.